The fourth-order valence-corrected chi connectivity index (χ4v) is 2.92. The summed E-state index contributed by atoms with van der Waals surface area (Å²) in [5.74, 6) is 0.276. The van der Waals surface area contributed by atoms with Gasteiger partial charge in [-0.2, -0.15) is 5.10 Å². The van der Waals surface area contributed by atoms with Crippen LogP contribution < -0.4 is 0 Å². The number of hydrogen-bond donors (Lipinski definition) is 0. The Hall–Kier alpha value is -1.20. The molecule has 2 rings (SSSR count). The summed E-state index contributed by atoms with van der Waals surface area (Å²) in [6.07, 6.45) is 2.17. The van der Waals surface area contributed by atoms with Gasteiger partial charge < -0.3 is 4.74 Å². The van der Waals surface area contributed by atoms with Crippen LogP contribution in [0.25, 0.3) is 0 Å². The van der Waals surface area contributed by atoms with Gasteiger partial charge in [-0.05, 0) is 25.8 Å². The zero-order valence-electron chi connectivity index (χ0n) is 13.7. The predicted molar refractivity (Wildman–Crippen MR) is 82.4 cm³/mol. The van der Waals surface area contributed by atoms with E-state index in [1.54, 1.807) is 0 Å². The molecule has 1 aliphatic heterocycles. The van der Waals surface area contributed by atoms with Crippen LogP contribution in [0.2, 0.25) is 0 Å². The van der Waals surface area contributed by atoms with Crippen LogP contribution in [-0.2, 0) is 29.4 Å². The van der Waals surface area contributed by atoms with Crippen molar-refractivity contribution in [1.82, 2.24) is 14.7 Å². The van der Waals surface area contributed by atoms with E-state index in [0.717, 1.165) is 37.3 Å². The molecule has 2 heterocycles. The second-order valence-electron chi connectivity index (χ2n) is 5.93. The van der Waals surface area contributed by atoms with E-state index in [1.165, 1.54) is 0 Å². The van der Waals surface area contributed by atoms with Gasteiger partial charge in [0.1, 0.15) is 0 Å². The van der Waals surface area contributed by atoms with Gasteiger partial charge in [-0.15, -0.1) is 0 Å². The fourth-order valence-electron chi connectivity index (χ4n) is 2.92. The first-order valence-corrected chi connectivity index (χ1v) is 7.89. The van der Waals surface area contributed by atoms with Gasteiger partial charge >= 0.3 is 0 Å². The van der Waals surface area contributed by atoms with E-state index >= 15 is 0 Å². The number of hydrogen-bond acceptors (Lipinski definition) is 4. The van der Waals surface area contributed by atoms with Crippen LogP contribution in [0.1, 0.15) is 38.6 Å². The van der Waals surface area contributed by atoms with E-state index in [-0.39, 0.29) is 5.78 Å². The summed E-state index contributed by atoms with van der Waals surface area (Å²) < 4.78 is 7.25. The second-order valence-corrected chi connectivity index (χ2v) is 5.93. The van der Waals surface area contributed by atoms with Crippen LogP contribution in [0.3, 0.4) is 0 Å². The Morgan fingerprint density at radius 3 is 2.57 bits per heavy atom. The summed E-state index contributed by atoms with van der Waals surface area (Å²) in [4.78, 5) is 15.2. The molecule has 1 fully saturated rings. The molecule has 0 bridgehead atoms. The maximum absolute atomic E-state index is 12.9. The van der Waals surface area contributed by atoms with Crippen LogP contribution in [0.4, 0.5) is 0 Å². The van der Waals surface area contributed by atoms with Crippen molar-refractivity contribution in [2.75, 3.05) is 26.3 Å². The minimum Gasteiger partial charge on any atom is -0.379 e. The lowest BCUT2D eigenvalue weighted by molar-refractivity contribution is -0.133. The van der Waals surface area contributed by atoms with E-state index in [9.17, 15) is 4.79 Å². The fraction of sp³-hybridized carbons (Fsp3) is 0.750. The van der Waals surface area contributed by atoms with Gasteiger partial charge in [-0.3, -0.25) is 14.4 Å². The molecule has 21 heavy (non-hydrogen) atoms. The highest BCUT2D eigenvalue weighted by Gasteiger charge is 2.38. The Kier molecular flexibility index (Phi) is 5.17. The summed E-state index contributed by atoms with van der Waals surface area (Å²) in [6, 6.07) is 2.05. The number of ether oxygens (including phenoxy) is 1. The third kappa shape index (κ3) is 3.35. The normalized spacial score (nSPS) is 19.4. The number of aromatic nitrogens is 2. The molecule has 0 aromatic carbocycles. The van der Waals surface area contributed by atoms with Crippen LogP contribution >= 0.6 is 0 Å². The third-order valence-electron chi connectivity index (χ3n) is 4.73. The van der Waals surface area contributed by atoms with E-state index in [1.807, 2.05) is 17.8 Å². The van der Waals surface area contributed by atoms with Crippen molar-refractivity contribution in [3.63, 3.8) is 0 Å². The first kappa shape index (κ1) is 16.2. The van der Waals surface area contributed by atoms with Crippen LogP contribution in [0.5, 0.6) is 0 Å². The van der Waals surface area contributed by atoms with Gasteiger partial charge in [-0.1, -0.05) is 13.8 Å². The van der Waals surface area contributed by atoms with E-state index in [2.05, 4.69) is 30.8 Å². The average Bonchev–Trinajstić information content (AvgIpc) is 2.87. The van der Waals surface area contributed by atoms with Gasteiger partial charge in [0.15, 0.2) is 5.78 Å². The number of carbonyl (C=O) groups is 1. The molecular formula is C16H27N3O2. The van der Waals surface area contributed by atoms with E-state index < -0.39 is 5.54 Å². The highest BCUT2D eigenvalue weighted by molar-refractivity contribution is 5.89. The van der Waals surface area contributed by atoms with Crippen LogP contribution in [-0.4, -0.2) is 52.3 Å². The zero-order valence-corrected chi connectivity index (χ0v) is 13.7. The van der Waals surface area contributed by atoms with Gasteiger partial charge in [-0.25, -0.2) is 0 Å². The van der Waals surface area contributed by atoms with Crippen molar-refractivity contribution in [2.45, 2.75) is 45.6 Å². The number of carbonyl (C=O) groups excluding carboxylic acids is 1. The first-order chi connectivity index (χ1) is 10.0. The number of rotatable bonds is 6. The number of aryl methyl sites for hydroxylation is 2. The topological polar surface area (TPSA) is 47.4 Å². The first-order valence-electron chi connectivity index (χ1n) is 7.89. The SMILES string of the molecule is CCc1cc(CC(=O)C(C)(CC)N2CCOCC2)n(C)n1. The highest BCUT2D eigenvalue weighted by atomic mass is 16.5. The van der Waals surface area contributed by atoms with E-state index in [4.69, 9.17) is 4.74 Å². The predicted octanol–water partition coefficient (Wildman–Crippen LogP) is 1.59. The summed E-state index contributed by atoms with van der Waals surface area (Å²) in [6.45, 7) is 9.34. The second kappa shape index (κ2) is 6.71. The molecule has 118 valence electrons. The number of nitrogens with zero attached hydrogens (tertiary/aromatic N) is 3. The van der Waals surface area contributed by atoms with Crippen molar-refractivity contribution in [2.24, 2.45) is 7.05 Å². The molecule has 0 spiro atoms. The molecule has 0 N–H and O–H groups in total. The Bertz CT molecular complexity index is 492. The van der Waals surface area contributed by atoms with Crippen molar-refractivity contribution >= 4 is 5.78 Å². The molecule has 0 aliphatic carbocycles. The third-order valence-corrected chi connectivity index (χ3v) is 4.73. The average molecular weight is 293 g/mol. The standard InChI is InChI=1S/C16H27N3O2/c1-5-13-11-14(18(4)17-13)12-15(20)16(3,6-2)19-7-9-21-10-8-19/h11H,5-10,12H2,1-4H3. The Morgan fingerprint density at radius 1 is 1.38 bits per heavy atom. The number of ketones is 1. The Labute approximate surface area is 127 Å². The Balaban J connectivity index is 2.13. The van der Waals surface area contributed by atoms with Crippen molar-refractivity contribution in [3.8, 4) is 0 Å². The van der Waals surface area contributed by atoms with Crippen molar-refractivity contribution < 1.29 is 9.53 Å². The summed E-state index contributed by atoms with van der Waals surface area (Å²) in [5, 5.41) is 4.43. The van der Waals surface area contributed by atoms with Gasteiger partial charge in [0.2, 0.25) is 0 Å². The number of Topliss-reactive ketones (excluding diaryl/α,β-unsaturated/α-hetero) is 1. The molecule has 0 amide bonds. The van der Waals surface area contributed by atoms with Gasteiger partial charge in [0.25, 0.3) is 0 Å². The van der Waals surface area contributed by atoms with Gasteiger partial charge in [0.05, 0.1) is 30.9 Å². The van der Waals surface area contributed by atoms with Crippen LogP contribution in [0.15, 0.2) is 6.07 Å². The molecular weight excluding hydrogens is 266 g/mol. The van der Waals surface area contributed by atoms with Gasteiger partial charge in [0, 0.05) is 25.8 Å². The van der Waals surface area contributed by atoms with Crippen molar-refractivity contribution in [3.05, 3.63) is 17.5 Å². The molecule has 5 heteroatoms. The largest absolute Gasteiger partial charge is 0.379 e. The summed E-state index contributed by atoms with van der Waals surface area (Å²) >= 11 is 0. The quantitative estimate of drug-likeness (QED) is 0.799. The molecule has 1 aromatic rings. The Morgan fingerprint density at radius 2 is 2.05 bits per heavy atom. The minimum atomic E-state index is -0.402. The smallest absolute Gasteiger partial charge is 0.158 e. The van der Waals surface area contributed by atoms with Crippen LogP contribution in [0, 0.1) is 0 Å². The molecule has 1 saturated heterocycles. The number of morpholine rings is 1. The zero-order chi connectivity index (χ0) is 15.5. The lowest BCUT2D eigenvalue weighted by Gasteiger charge is -2.41. The molecule has 0 saturated carbocycles. The minimum absolute atomic E-state index is 0.276. The molecule has 5 nitrogen and oxygen atoms in total. The van der Waals surface area contributed by atoms with Crippen molar-refractivity contribution in [1.29, 1.82) is 0 Å². The lowest BCUT2D eigenvalue weighted by Crippen LogP contribution is -2.56. The maximum Gasteiger partial charge on any atom is 0.158 e. The lowest BCUT2D eigenvalue weighted by atomic mass is 9.88. The molecule has 0 radical (unpaired) electrons. The van der Waals surface area contributed by atoms with E-state index in [0.29, 0.717) is 19.6 Å². The molecule has 1 aromatic heterocycles. The monoisotopic (exact) mass is 293 g/mol. The highest BCUT2D eigenvalue weighted by Crippen LogP contribution is 2.24. The molecule has 1 atom stereocenters. The summed E-state index contributed by atoms with van der Waals surface area (Å²) in [5.41, 5.74) is 1.65. The molecule has 1 aliphatic rings. The maximum atomic E-state index is 12.9. The molecule has 1 unspecified atom stereocenters. The summed E-state index contributed by atoms with van der Waals surface area (Å²) in [7, 11) is 1.92.